The molecule has 1 aromatic rings. The van der Waals surface area contributed by atoms with Crippen LogP contribution in [0.15, 0.2) is 6.20 Å². The molecule has 0 aliphatic rings. The summed E-state index contributed by atoms with van der Waals surface area (Å²) in [5.41, 5.74) is 5.82. The minimum atomic E-state index is -0.459. The van der Waals surface area contributed by atoms with Crippen molar-refractivity contribution in [2.45, 2.75) is 39.7 Å². The van der Waals surface area contributed by atoms with Crippen LogP contribution in [0.2, 0.25) is 0 Å². The highest BCUT2D eigenvalue weighted by molar-refractivity contribution is 7.15. The van der Waals surface area contributed by atoms with Gasteiger partial charge in [0.05, 0.1) is 6.04 Å². The van der Waals surface area contributed by atoms with E-state index in [1.165, 1.54) is 11.3 Å². The third kappa shape index (κ3) is 4.61. The van der Waals surface area contributed by atoms with E-state index >= 15 is 0 Å². The molecule has 0 saturated heterocycles. The molecule has 0 aliphatic heterocycles. The molecule has 1 amide bonds. The number of anilines is 1. The molecule has 2 atom stereocenters. The lowest BCUT2D eigenvalue weighted by Gasteiger charge is -2.16. The first-order chi connectivity index (χ1) is 7.58. The van der Waals surface area contributed by atoms with Crippen LogP contribution in [0.1, 0.15) is 32.1 Å². The molecule has 1 heterocycles. The Hall–Kier alpha value is -0.650. The molecule has 0 aromatic carbocycles. The van der Waals surface area contributed by atoms with E-state index in [4.69, 9.17) is 5.73 Å². The molecule has 6 heteroatoms. The number of halogens is 1. The van der Waals surface area contributed by atoms with Gasteiger partial charge in [-0.05, 0) is 12.3 Å². The smallest absolute Gasteiger partial charge is 0.243 e. The van der Waals surface area contributed by atoms with Crippen molar-refractivity contribution < 1.29 is 4.79 Å². The van der Waals surface area contributed by atoms with E-state index in [0.717, 1.165) is 17.7 Å². The lowest BCUT2D eigenvalue weighted by atomic mass is 10.00. The number of nitrogens with one attached hydrogen (secondary N) is 1. The van der Waals surface area contributed by atoms with E-state index in [1.54, 1.807) is 6.20 Å². The van der Waals surface area contributed by atoms with E-state index < -0.39 is 6.04 Å². The Morgan fingerprint density at radius 2 is 2.24 bits per heavy atom. The predicted molar refractivity (Wildman–Crippen MR) is 74.8 cm³/mol. The zero-order valence-corrected chi connectivity index (χ0v) is 12.0. The van der Waals surface area contributed by atoms with E-state index in [0.29, 0.717) is 5.13 Å². The lowest BCUT2D eigenvalue weighted by Crippen LogP contribution is -2.40. The number of nitrogens with zero attached hydrogens (tertiary/aromatic N) is 1. The Morgan fingerprint density at radius 1 is 1.59 bits per heavy atom. The summed E-state index contributed by atoms with van der Waals surface area (Å²) < 4.78 is 0. The van der Waals surface area contributed by atoms with E-state index in [9.17, 15) is 4.79 Å². The fraction of sp³-hybridized carbons (Fsp3) is 0.636. The van der Waals surface area contributed by atoms with Crippen molar-refractivity contribution in [3.8, 4) is 0 Å². The maximum absolute atomic E-state index is 11.7. The largest absolute Gasteiger partial charge is 0.320 e. The van der Waals surface area contributed by atoms with Crippen LogP contribution in [0, 0.1) is 5.92 Å². The number of rotatable bonds is 5. The Kier molecular flexibility index (Phi) is 7.34. The number of carbonyl (C=O) groups is 1. The maximum atomic E-state index is 11.7. The number of aromatic nitrogens is 1. The van der Waals surface area contributed by atoms with E-state index in [1.807, 2.05) is 13.8 Å². The first kappa shape index (κ1) is 16.4. The normalized spacial score (nSPS) is 13.6. The summed E-state index contributed by atoms with van der Waals surface area (Å²) >= 11 is 1.50. The predicted octanol–water partition coefficient (Wildman–Crippen LogP) is 2.44. The molecule has 0 aliphatic carbocycles. The van der Waals surface area contributed by atoms with Gasteiger partial charge in [0.2, 0.25) is 5.91 Å². The fourth-order valence-electron chi connectivity index (χ4n) is 1.23. The number of thiazole rings is 1. The van der Waals surface area contributed by atoms with Crippen LogP contribution in [0.3, 0.4) is 0 Å². The van der Waals surface area contributed by atoms with Gasteiger partial charge in [0.1, 0.15) is 0 Å². The summed E-state index contributed by atoms with van der Waals surface area (Å²) in [6.07, 6.45) is 3.62. The molecule has 0 bridgehead atoms. The second-order valence-corrected chi connectivity index (χ2v) is 5.00. The van der Waals surface area contributed by atoms with Crippen molar-refractivity contribution >= 4 is 34.8 Å². The highest BCUT2D eigenvalue weighted by atomic mass is 35.5. The molecule has 1 aromatic heterocycles. The molecule has 0 saturated carbocycles. The van der Waals surface area contributed by atoms with E-state index in [-0.39, 0.29) is 24.2 Å². The van der Waals surface area contributed by atoms with Gasteiger partial charge in [-0.1, -0.05) is 27.2 Å². The zero-order valence-electron chi connectivity index (χ0n) is 10.4. The van der Waals surface area contributed by atoms with E-state index in [2.05, 4.69) is 17.2 Å². The second-order valence-electron chi connectivity index (χ2n) is 3.89. The number of nitrogens with two attached hydrogens (primary N) is 1. The Bertz CT molecular complexity index is 356. The van der Waals surface area contributed by atoms with Gasteiger partial charge >= 0.3 is 0 Å². The molecule has 98 valence electrons. The molecule has 2 unspecified atom stereocenters. The molecule has 3 N–H and O–H groups in total. The number of hydrogen-bond acceptors (Lipinski definition) is 4. The first-order valence-electron chi connectivity index (χ1n) is 5.59. The summed E-state index contributed by atoms with van der Waals surface area (Å²) in [4.78, 5) is 17.0. The summed E-state index contributed by atoms with van der Waals surface area (Å²) in [6, 6.07) is -0.459. The van der Waals surface area contributed by atoms with Gasteiger partial charge in [0.15, 0.2) is 5.13 Å². The van der Waals surface area contributed by atoms with Crippen LogP contribution >= 0.6 is 23.7 Å². The molecular weight excluding hydrogens is 258 g/mol. The molecule has 0 fully saturated rings. The summed E-state index contributed by atoms with van der Waals surface area (Å²) in [7, 11) is 0. The number of carbonyl (C=O) groups excluding carboxylic acids is 1. The first-order valence-corrected chi connectivity index (χ1v) is 6.41. The van der Waals surface area contributed by atoms with Gasteiger partial charge in [-0.3, -0.25) is 4.79 Å². The topological polar surface area (TPSA) is 68.0 Å². The van der Waals surface area contributed by atoms with Crippen molar-refractivity contribution in [1.29, 1.82) is 0 Å². The standard InChI is InChI=1S/C11H19N3OS.ClH/c1-4-7(3)9(12)10(15)14-11-13-6-8(5-2)16-11;/h6-7,9H,4-5,12H2,1-3H3,(H,13,14,15);1H. The van der Waals surface area contributed by atoms with Gasteiger partial charge in [-0.15, -0.1) is 23.7 Å². The monoisotopic (exact) mass is 277 g/mol. The van der Waals surface area contributed by atoms with Crippen molar-refractivity contribution in [3.05, 3.63) is 11.1 Å². The average molecular weight is 278 g/mol. The van der Waals surface area contributed by atoms with Crippen molar-refractivity contribution in [3.63, 3.8) is 0 Å². The Labute approximate surface area is 112 Å². The number of amides is 1. The second kappa shape index (κ2) is 7.63. The van der Waals surface area contributed by atoms with Crippen LogP contribution in [-0.4, -0.2) is 16.9 Å². The SMILES string of the molecule is CCc1cnc(NC(=O)C(N)C(C)CC)s1.Cl. The molecule has 0 spiro atoms. The minimum Gasteiger partial charge on any atom is -0.320 e. The summed E-state index contributed by atoms with van der Waals surface area (Å²) in [5, 5.41) is 3.39. The van der Waals surface area contributed by atoms with Gasteiger partial charge in [0.25, 0.3) is 0 Å². The molecular formula is C11H20ClN3OS. The van der Waals surface area contributed by atoms with Crippen LogP contribution in [0.5, 0.6) is 0 Å². The highest BCUT2D eigenvalue weighted by Gasteiger charge is 2.20. The highest BCUT2D eigenvalue weighted by Crippen LogP contribution is 2.19. The van der Waals surface area contributed by atoms with Crippen LogP contribution < -0.4 is 11.1 Å². The fourth-order valence-corrected chi connectivity index (χ4v) is 1.98. The maximum Gasteiger partial charge on any atom is 0.243 e. The van der Waals surface area contributed by atoms with Gasteiger partial charge in [-0.2, -0.15) is 0 Å². The van der Waals surface area contributed by atoms with Crippen LogP contribution in [-0.2, 0) is 11.2 Å². The van der Waals surface area contributed by atoms with Crippen molar-refractivity contribution in [1.82, 2.24) is 4.98 Å². The third-order valence-electron chi connectivity index (χ3n) is 2.69. The zero-order chi connectivity index (χ0) is 12.1. The minimum absolute atomic E-state index is 0. The average Bonchev–Trinajstić information content (AvgIpc) is 2.74. The molecule has 1 rings (SSSR count). The molecule has 4 nitrogen and oxygen atoms in total. The molecule has 17 heavy (non-hydrogen) atoms. The van der Waals surface area contributed by atoms with Gasteiger partial charge in [0, 0.05) is 11.1 Å². The van der Waals surface area contributed by atoms with Crippen molar-refractivity contribution in [2.24, 2.45) is 11.7 Å². The van der Waals surface area contributed by atoms with Crippen LogP contribution in [0.4, 0.5) is 5.13 Å². The number of aryl methyl sites for hydroxylation is 1. The summed E-state index contributed by atoms with van der Waals surface area (Å²) in [5.74, 6) is 0.0389. The third-order valence-corrected chi connectivity index (χ3v) is 3.75. The quantitative estimate of drug-likeness (QED) is 0.869. The lowest BCUT2D eigenvalue weighted by molar-refractivity contribution is -0.118. The van der Waals surface area contributed by atoms with Gasteiger partial charge < -0.3 is 11.1 Å². The Morgan fingerprint density at radius 3 is 2.71 bits per heavy atom. The number of hydrogen-bond donors (Lipinski definition) is 2. The van der Waals surface area contributed by atoms with Crippen LogP contribution in [0.25, 0.3) is 0 Å². The van der Waals surface area contributed by atoms with Crippen molar-refractivity contribution in [2.75, 3.05) is 5.32 Å². The summed E-state index contributed by atoms with van der Waals surface area (Å²) in [6.45, 7) is 6.06. The van der Waals surface area contributed by atoms with Gasteiger partial charge in [-0.25, -0.2) is 4.98 Å². The molecule has 0 radical (unpaired) electrons. The Balaban J connectivity index is 0.00000256.